The molecule has 0 aliphatic rings. The first-order valence-electron chi connectivity index (χ1n) is 5.93. The minimum atomic E-state index is -3.89. The Labute approximate surface area is 117 Å². The maximum atomic E-state index is 13.4. The Morgan fingerprint density at radius 1 is 1.10 bits per heavy atom. The maximum Gasteiger partial charge on any atom is 0.266 e. The van der Waals surface area contributed by atoms with Gasteiger partial charge >= 0.3 is 0 Å². The Hall–Kier alpha value is -2.08. The molecule has 0 fully saturated rings. The fourth-order valence-corrected chi connectivity index (χ4v) is 3.10. The average molecular weight is 294 g/mol. The molecule has 0 atom stereocenters. The summed E-state index contributed by atoms with van der Waals surface area (Å²) in [6.45, 7) is 1.91. The molecule has 0 radical (unpaired) electrons. The Kier molecular flexibility index (Phi) is 3.67. The van der Waals surface area contributed by atoms with Gasteiger partial charge in [0.05, 0.1) is 11.4 Å². The van der Waals surface area contributed by atoms with Gasteiger partial charge in [-0.15, -0.1) is 0 Å². The van der Waals surface area contributed by atoms with Gasteiger partial charge in [0.25, 0.3) is 10.0 Å². The van der Waals surface area contributed by atoms with Crippen LogP contribution in [0.2, 0.25) is 0 Å². The fraction of sp³-hybridized carbons (Fsp3) is 0.143. The van der Waals surface area contributed by atoms with Crippen molar-refractivity contribution in [2.75, 3.05) is 17.1 Å². The number of nitrogens with zero attached hydrogens (tertiary/aromatic N) is 1. The number of aryl methyl sites for hydroxylation is 1. The molecule has 0 aromatic heterocycles. The lowest BCUT2D eigenvalue weighted by Gasteiger charge is -2.20. The molecule has 2 aromatic carbocycles. The maximum absolute atomic E-state index is 13.4. The molecule has 0 heterocycles. The molecule has 2 aromatic rings. The zero-order chi connectivity index (χ0) is 14.9. The largest absolute Gasteiger partial charge is 0.395 e. The van der Waals surface area contributed by atoms with Crippen LogP contribution in [0.5, 0.6) is 0 Å². The Morgan fingerprint density at radius 2 is 1.70 bits per heavy atom. The van der Waals surface area contributed by atoms with Gasteiger partial charge in [-0.2, -0.15) is 0 Å². The molecule has 0 bridgehead atoms. The van der Waals surface area contributed by atoms with Crippen molar-refractivity contribution in [2.45, 2.75) is 11.8 Å². The van der Waals surface area contributed by atoms with Gasteiger partial charge in [-0.3, -0.25) is 4.31 Å². The van der Waals surface area contributed by atoms with Crippen LogP contribution in [0.15, 0.2) is 47.4 Å². The van der Waals surface area contributed by atoms with Gasteiger partial charge in [0.1, 0.15) is 10.7 Å². The van der Waals surface area contributed by atoms with E-state index >= 15 is 0 Å². The number of anilines is 2. The summed E-state index contributed by atoms with van der Waals surface area (Å²) in [5, 5.41) is 0. The summed E-state index contributed by atoms with van der Waals surface area (Å²) in [6, 6.07) is 10.7. The van der Waals surface area contributed by atoms with Crippen molar-refractivity contribution in [1.29, 1.82) is 0 Å². The molecule has 0 amide bonds. The second-order valence-electron chi connectivity index (χ2n) is 4.46. The third kappa shape index (κ3) is 2.46. The van der Waals surface area contributed by atoms with Crippen LogP contribution in [0, 0.1) is 12.7 Å². The van der Waals surface area contributed by atoms with E-state index in [9.17, 15) is 12.8 Å². The number of halogens is 1. The average Bonchev–Trinajstić information content (AvgIpc) is 2.41. The lowest BCUT2D eigenvalue weighted by molar-refractivity contribution is 0.591. The van der Waals surface area contributed by atoms with Crippen molar-refractivity contribution >= 4 is 21.4 Å². The van der Waals surface area contributed by atoms with Gasteiger partial charge < -0.3 is 5.73 Å². The number of nitrogens with two attached hydrogens (primary N) is 1. The SMILES string of the molecule is Cc1ccc(N(C)S(=O)(=O)c2cccc(F)c2N)cc1. The third-order valence-electron chi connectivity index (χ3n) is 3.05. The van der Waals surface area contributed by atoms with E-state index in [2.05, 4.69) is 0 Å². The van der Waals surface area contributed by atoms with Crippen LogP contribution in [0.3, 0.4) is 0 Å². The van der Waals surface area contributed by atoms with Crippen molar-refractivity contribution in [1.82, 2.24) is 0 Å². The van der Waals surface area contributed by atoms with Crippen molar-refractivity contribution in [3.05, 3.63) is 53.8 Å². The number of para-hydroxylation sites is 1. The van der Waals surface area contributed by atoms with Crippen LogP contribution in [0.1, 0.15) is 5.56 Å². The predicted octanol–water partition coefficient (Wildman–Crippen LogP) is 2.54. The molecular formula is C14H15FN2O2S. The zero-order valence-corrected chi connectivity index (χ0v) is 12.0. The van der Waals surface area contributed by atoms with Crippen molar-refractivity contribution in [2.24, 2.45) is 0 Å². The number of nitrogen functional groups attached to an aromatic ring is 1. The lowest BCUT2D eigenvalue weighted by Crippen LogP contribution is -2.27. The molecule has 4 nitrogen and oxygen atoms in total. The number of hydrogen-bond acceptors (Lipinski definition) is 3. The van der Waals surface area contributed by atoms with Crippen molar-refractivity contribution < 1.29 is 12.8 Å². The van der Waals surface area contributed by atoms with Gasteiger partial charge in [-0.25, -0.2) is 12.8 Å². The Morgan fingerprint density at radius 3 is 2.30 bits per heavy atom. The van der Waals surface area contributed by atoms with Crippen molar-refractivity contribution in [3.63, 3.8) is 0 Å². The minimum absolute atomic E-state index is 0.236. The molecular weight excluding hydrogens is 279 g/mol. The number of rotatable bonds is 3. The summed E-state index contributed by atoms with van der Waals surface area (Å²) in [5.41, 5.74) is 6.66. The standard InChI is InChI=1S/C14H15FN2O2S/c1-10-6-8-11(9-7-10)17(2)20(18,19)13-5-3-4-12(15)14(13)16/h3-9H,16H2,1-2H3. The molecule has 0 saturated carbocycles. The van der Waals surface area contributed by atoms with Crippen LogP contribution >= 0.6 is 0 Å². The monoisotopic (exact) mass is 294 g/mol. The number of sulfonamides is 1. The van der Waals surface area contributed by atoms with Gasteiger partial charge in [0, 0.05) is 7.05 Å². The second-order valence-corrected chi connectivity index (χ2v) is 6.40. The van der Waals surface area contributed by atoms with E-state index in [1.165, 1.54) is 19.2 Å². The van der Waals surface area contributed by atoms with E-state index in [4.69, 9.17) is 5.73 Å². The van der Waals surface area contributed by atoms with Crippen LogP contribution in [-0.4, -0.2) is 15.5 Å². The third-order valence-corrected chi connectivity index (χ3v) is 4.89. The predicted molar refractivity (Wildman–Crippen MR) is 77.6 cm³/mol. The van der Waals surface area contributed by atoms with Gasteiger partial charge in [-0.1, -0.05) is 23.8 Å². The zero-order valence-electron chi connectivity index (χ0n) is 11.2. The minimum Gasteiger partial charge on any atom is -0.395 e. The van der Waals surface area contributed by atoms with E-state index in [1.54, 1.807) is 24.3 Å². The second kappa shape index (κ2) is 5.13. The molecule has 0 unspecified atom stereocenters. The van der Waals surface area contributed by atoms with E-state index < -0.39 is 15.8 Å². The van der Waals surface area contributed by atoms with Crippen molar-refractivity contribution in [3.8, 4) is 0 Å². The first kappa shape index (κ1) is 14.3. The highest BCUT2D eigenvalue weighted by atomic mass is 32.2. The summed E-state index contributed by atoms with van der Waals surface area (Å²) in [4.78, 5) is -0.236. The molecule has 0 aliphatic carbocycles. The summed E-state index contributed by atoms with van der Waals surface area (Å²) >= 11 is 0. The lowest BCUT2D eigenvalue weighted by atomic mass is 10.2. The Bertz CT molecular complexity index is 727. The van der Waals surface area contributed by atoms with Crippen LogP contribution < -0.4 is 10.0 Å². The molecule has 106 valence electrons. The highest BCUT2D eigenvalue weighted by molar-refractivity contribution is 7.93. The van der Waals surface area contributed by atoms with Crippen LogP contribution in [0.25, 0.3) is 0 Å². The smallest absolute Gasteiger partial charge is 0.266 e. The number of benzene rings is 2. The molecule has 20 heavy (non-hydrogen) atoms. The van der Waals surface area contributed by atoms with Crippen LogP contribution in [-0.2, 0) is 10.0 Å². The van der Waals surface area contributed by atoms with E-state index in [-0.39, 0.29) is 10.6 Å². The first-order valence-corrected chi connectivity index (χ1v) is 7.37. The summed E-state index contributed by atoms with van der Waals surface area (Å²) in [6.07, 6.45) is 0. The van der Waals surface area contributed by atoms with Gasteiger partial charge in [0.2, 0.25) is 0 Å². The summed E-state index contributed by atoms with van der Waals surface area (Å²) in [7, 11) is -2.48. The van der Waals surface area contributed by atoms with E-state index in [1.807, 2.05) is 6.92 Å². The molecule has 0 saturated heterocycles. The van der Waals surface area contributed by atoms with Gasteiger partial charge in [-0.05, 0) is 31.2 Å². The molecule has 0 aliphatic heterocycles. The van der Waals surface area contributed by atoms with E-state index in [0.29, 0.717) is 5.69 Å². The van der Waals surface area contributed by atoms with Gasteiger partial charge in [0.15, 0.2) is 0 Å². The van der Waals surface area contributed by atoms with E-state index in [0.717, 1.165) is 15.9 Å². The summed E-state index contributed by atoms with van der Waals surface area (Å²) < 4.78 is 39.4. The quantitative estimate of drug-likeness (QED) is 0.885. The summed E-state index contributed by atoms with van der Waals surface area (Å²) in [5.74, 6) is -0.747. The normalized spacial score (nSPS) is 11.3. The fourth-order valence-electron chi connectivity index (χ4n) is 1.78. The highest BCUT2D eigenvalue weighted by Crippen LogP contribution is 2.27. The Balaban J connectivity index is 2.49. The molecule has 2 rings (SSSR count). The molecule has 0 spiro atoms. The topological polar surface area (TPSA) is 63.4 Å². The first-order chi connectivity index (χ1) is 9.34. The molecule has 6 heteroatoms. The number of hydrogen-bond donors (Lipinski definition) is 1. The highest BCUT2D eigenvalue weighted by Gasteiger charge is 2.24. The molecule has 2 N–H and O–H groups in total. The van der Waals surface area contributed by atoms with Crippen LogP contribution in [0.4, 0.5) is 15.8 Å².